The molecule has 23 heavy (non-hydrogen) atoms. The Morgan fingerprint density at radius 1 is 1.39 bits per heavy atom. The predicted octanol–water partition coefficient (Wildman–Crippen LogP) is 3.43. The standard InChI is InChI=1S/C17H16N2O3S/c1-4-22-17(21)14-9-23-16(19-14)13(8-18)15(20)12-7-5-6-10(2)11(12)3/h5-7,9,13H,4H2,1-3H3. The minimum absolute atomic E-state index is 0.126. The van der Waals surface area contributed by atoms with Gasteiger partial charge < -0.3 is 4.74 Å². The van der Waals surface area contributed by atoms with Gasteiger partial charge in [-0.3, -0.25) is 4.79 Å². The second kappa shape index (κ2) is 7.16. The van der Waals surface area contributed by atoms with Crippen molar-refractivity contribution in [1.82, 2.24) is 4.98 Å². The zero-order valence-electron chi connectivity index (χ0n) is 13.1. The van der Waals surface area contributed by atoms with Crippen LogP contribution in [0.4, 0.5) is 0 Å². The fraction of sp³-hybridized carbons (Fsp3) is 0.294. The molecule has 1 atom stereocenters. The van der Waals surface area contributed by atoms with Crippen LogP contribution in [0.3, 0.4) is 0 Å². The lowest BCUT2D eigenvalue weighted by Gasteiger charge is -2.10. The molecule has 1 aromatic carbocycles. The molecule has 5 nitrogen and oxygen atoms in total. The lowest BCUT2D eigenvalue weighted by Crippen LogP contribution is -2.14. The van der Waals surface area contributed by atoms with E-state index in [1.807, 2.05) is 26.0 Å². The zero-order chi connectivity index (χ0) is 17.0. The lowest BCUT2D eigenvalue weighted by molar-refractivity contribution is 0.0519. The molecule has 0 aliphatic rings. The van der Waals surface area contributed by atoms with Crippen molar-refractivity contribution in [3.8, 4) is 6.07 Å². The van der Waals surface area contributed by atoms with Crippen LogP contribution < -0.4 is 0 Å². The SMILES string of the molecule is CCOC(=O)c1csc(C(C#N)C(=O)c2cccc(C)c2C)n1. The number of carbonyl (C=O) groups is 2. The van der Waals surface area contributed by atoms with Crippen LogP contribution in [0.2, 0.25) is 0 Å². The molecule has 1 aromatic heterocycles. The van der Waals surface area contributed by atoms with Gasteiger partial charge in [-0.05, 0) is 31.9 Å². The molecule has 0 radical (unpaired) electrons. The molecule has 0 amide bonds. The number of Topliss-reactive ketones (excluding diaryl/α,β-unsaturated/α-hetero) is 1. The number of nitriles is 1. The number of ether oxygens (including phenoxy) is 1. The van der Waals surface area contributed by atoms with E-state index in [1.165, 1.54) is 5.38 Å². The molecule has 0 aliphatic carbocycles. The van der Waals surface area contributed by atoms with Crippen LogP contribution in [0.15, 0.2) is 23.6 Å². The van der Waals surface area contributed by atoms with Crippen molar-refractivity contribution in [2.45, 2.75) is 26.7 Å². The van der Waals surface area contributed by atoms with Gasteiger partial charge in [0.2, 0.25) is 0 Å². The van der Waals surface area contributed by atoms with Gasteiger partial charge in [0.15, 0.2) is 17.4 Å². The van der Waals surface area contributed by atoms with Crippen LogP contribution in [0.25, 0.3) is 0 Å². The summed E-state index contributed by atoms with van der Waals surface area (Å²) in [5.74, 6) is -1.88. The highest BCUT2D eigenvalue weighted by molar-refractivity contribution is 7.10. The van der Waals surface area contributed by atoms with E-state index in [2.05, 4.69) is 4.98 Å². The molecular formula is C17H16N2O3S. The van der Waals surface area contributed by atoms with Crippen molar-refractivity contribution in [3.63, 3.8) is 0 Å². The van der Waals surface area contributed by atoms with Gasteiger partial charge in [0, 0.05) is 10.9 Å². The maximum atomic E-state index is 12.7. The summed E-state index contributed by atoms with van der Waals surface area (Å²) < 4.78 is 4.87. The molecule has 0 aliphatic heterocycles. The topological polar surface area (TPSA) is 80.0 Å². The minimum atomic E-state index is -1.02. The summed E-state index contributed by atoms with van der Waals surface area (Å²) in [7, 11) is 0. The lowest BCUT2D eigenvalue weighted by atomic mass is 9.93. The van der Waals surface area contributed by atoms with E-state index in [0.717, 1.165) is 22.5 Å². The highest BCUT2D eigenvalue weighted by Crippen LogP contribution is 2.26. The summed E-state index contributed by atoms with van der Waals surface area (Å²) in [4.78, 5) is 28.4. The normalized spacial score (nSPS) is 11.6. The fourth-order valence-corrected chi connectivity index (χ4v) is 2.95. The van der Waals surface area contributed by atoms with Crippen molar-refractivity contribution in [2.75, 3.05) is 6.61 Å². The van der Waals surface area contributed by atoms with Crippen molar-refractivity contribution < 1.29 is 14.3 Å². The number of esters is 1. The Hall–Kier alpha value is -2.52. The van der Waals surface area contributed by atoms with Gasteiger partial charge in [0.25, 0.3) is 0 Å². The molecule has 0 saturated carbocycles. The largest absolute Gasteiger partial charge is 0.461 e. The predicted molar refractivity (Wildman–Crippen MR) is 86.7 cm³/mol. The number of rotatable bonds is 5. The molecule has 1 unspecified atom stereocenters. The molecular weight excluding hydrogens is 312 g/mol. The fourth-order valence-electron chi connectivity index (χ4n) is 2.12. The van der Waals surface area contributed by atoms with Crippen molar-refractivity contribution >= 4 is 23.1 Å². The van der Waals surface area contributed by atoms with Gasteiger partial charge in [-0.25, -0.2) is 9.78 Å². The van der Waals surface area contributed by atoms with Crippen LogP contribution >= 0.6 is 11.3 Å². The molecule has 2 aromatic rings. The summed E-state index contributed by atoms with van der Waals surface area (Å²) in [6.45, 7) is 5.71. The maximum Gasteiger partial charge on any atom is 0.357 e. The monoisotopic (exact) mass is 328 g/mol. The quantitative estimate of drug-likeness (QED) is 0.620. The van der Waals surface area contributed by atoms with Gasteiger partial charge in [-0.2, -0.15) is 5.26 Å². The molecule has 0 fully saturated rings. The van der Waals surface area contributed by atoms with E-state index in [-0.39, 0.29) is 18.1 Å². The molecule has 0 spiro atoms. The van der Waals surface area contributed by atoms with Gasteiger partial charge in [0.1, 0.15) is 5.01 Å². The van der Waals surface area contributed by atoms with Crippen molar-refractivity contribution in [1.29, 1.82) is 5.26 Å². The minimum Gasteiger partial charge on any atom is -0.461 e. The average Bonchev–Trinajstić information content (AvgIpc) is 3.00. The number of hydrogen-bond donors (Lipinski definition) is 0. The van der Waals surface area contributed by atoms with Crippen LogP contribution in [0, 0.1) is 25.2 Å². The Morgan fingerprint density at radius 3 is 2.78 bits per heavy atom. The highest BCUT2D eigenvalue weighted by Gasteiger charge is 2.27. The summed E-state index contributed by atoms with van der Waals surface area (Å²) in [6.07, 6.45) is 0. The van der Waals surface area contributed by atoms with Gasteiger partial charge >= 0.3 is 5.97 Å². The summed E-state index contributed by atoms with van der Waals surface area (Å²) in [6, 6.07) is 7.40. The first-order chi connectivity index (χ1) is 11.0. The number of ketones is 1. The molecule has 118 valence electrons. The summed E-state index contributed by atoms with van der Waals surface area (Å²) in [5.41, 5.74) is 2.46. The maximum absolute atomic E-state index is 12.7. The molecule has 2 rings (SSSR count). The van der Waals surface area contributed by atoms with Crippen molar-refractivity contribution in [2.24, 2.45) is 0 Å². The van der Waals surface area contributed by atoms with E-state index in [0.29, 0.717) is 10.6 Å². The van der Waals surface area contributed by atoms with E-state index in [1.54, 1.807) is 19.1 Å². The van der Waals surface area contributed by atoms with E-state index in [9.17, 15) is 14.9 Å². The second-order valence-electron chi connectivity index (χ2n) is 4.97. The van der Waals surface area contributed by atoms with Crippen LogP contribution in [0.5, 0.6) is 0 Å². The number of aryl methyl sites for hydroxylation is 1. The van der Waals surface area contributed by atoms with Crippen LogP contribution in [-0.2, 0) is 4.74 Å². The third kappa shape index (κ3) is 3.46. The van der Waals surface area contributed by atoms with E-state index >= 15 is 0 Å². The van der Waals surface area contributed by atoms with E-state index in [4.69, 9.17) is 4.74 Å². The molecule has 1 heterocycles. The number of thiazole rings is 1. The first kappa shape index (κ1) is 16.8. The summed E-state index contributed by atoms with van der Waals surface area (Å²) in [5, 5.41) is 11.2. The highest BCUT2D eigenvalue weighted by atomic mass is 32.1. The number of benzene rings is 1. The van der Waals surface area contributed by atoms with Crippen LogP contribution in [-0.4, -0.2) is 23.3 Å². The Balaban J connectivity index is 2.33. The number of hydrogen-bond acceptors (Lipinski definition) is 6. The Bertz CT molecular complexity index is 789. The average molecular weight is 328 g/mol. The molecule has 0 bridgehead atoms. The molecule has 6 heteroatoms. The Morgan fingerprint density at radius 2 is 2.13 bits per heavy atom. The first-order valence-corrected chi connectivity index (χ1v) is 8.00. The van der Waals surface area contributed by atoms with Gasteiger partial charge in [0.05, 0.1) is 12.7 Å². The first-order valence-electron chi connectivity index (χ1n) is 7.12. The third-order valence-electron chi connectivity index (χ3n) is 3.51. The third-order valence-corrected chi connectivity index (χ3v) is 4.42. The van der Waals surface area contributed by atoms with Crippen LogP contribution in [0.1, 0.15) is 49.8 Å². The van der Waals surface area contributed by atoms with Gasteiger partial charge in [-0.15, -0.1) is 11.3 Å². The number of carbonyl (C=O) groups excluding carboxylic acids is 2. The Labute approximate surface area is 138 Å². The molecule has 0 N–H and O–H groups in total. The number of nitrogens with zero attached hydrogens (tertiary/aromatic N) is 2. The number of aromatic nitrogens is 1. The van der Waals surface area contributed by atoms with E-state index < -0.39 is 11.9 Å². The second-order valence-corrected chi connectivity index (χ2v) is 5.85. The summed E-state index contributed by atoms with van der Waals surface area (Å²) >= 11 is 1.11. The molecule has 0 saturated heterocycles. The Kier molecular flexibility index (Phi) is 5.24. The zero-order valence-corrected chi connectivity index (χ0v) is 13.9. The van der Waals surface area contributed by atoms with Crippen molar-refractivity contribution in [3.05, 3.63) is 51.0 Å². The van der Waals surface area contributed by atoms with Gasteiger partial charge in [-0.1, -0.05) is 18.2 Å². The smallest absolute Gasteiger partial charge is 0.357 e.